The van der Waals surface area contributed by atoms with Gasteiger partial charge in [-0.25, -0.2) is 0 Å². The summed E-state index contributed by atoms with van der Waals surface area (Å²) >= 11 is 12.4. The van der Waals surface area contributed by atoms with E-state index in [1.165, 1.54) is 11.8 Å². The van der Waals surface area contributed by atoms with Crippen LogP contribution >= 0.6 is 35.6 Å². The summed E-state index contributed by atoms with van der Waals surface area (Å²) in [6, 6.07) is 15.2. The maximum atomic E-state index is 12.2. The van der Waals surface area contributed by atoms with Crippen LogP contribution in [0.4, 0.5) is 0 Å². The predicted molar refractivity (Wildman–Crippen MR) is 108 cm³/mol. The van der Waals surface area contributed by atoms with Crippen LogP contribution in [0.1, 0.15) is 18.1 Å². The van der Waals surface area contributed by atoms with E-state index in [2.05, 4.69) is 0 Å². The Morgan fingerprint density at radius 2 is 1.84 bits per heavy atom. The van der Waals surface area contributed by atoms with Crippen LogP contribution in [-0.2, 0) is 11.4 Å². The molecule has 2 aromatic carbocycles. The molecule has 1 aliphatic heterocycles. The second-order valence-corrected chi connectivity index (χ2v) is 7.52. The third-order valence-corrected chi connectivity index (χ3v) is 5.32. The van der Waals surface area contributed by atoms with Crippen molar-refractivity contribution in [3.8, 4) is 5.75 Å². The van der Waals surface area contributed by atoms with E-state index in [4.69, 9.17) is 28.6 Å². The van der Waals surface area contributed by atoms with Crippen LogP contribution in [0.3, 0.4) is 0 Å². The maximum Gasteiger partial charge on any atom is 0.266 e. The number of benzene rings is 2. The molecule has 0 unspecified atom stereocenters. The number of carbonyl (C=O) groups is 1. The lowest BCUT2D eigenvalue weighted by molar-refractivity contribution is -0.121. The molecular weight excluding hydrogens is 374 g/mol. The molecule has 1 heterocycles. The van der Waals surface area contributed by atoms with Gasteiger partial charge in [-0.2, -0.15) is 0 Å². The van der Waals surface area contributed by atoms with Gasteiger partial charge in [-0.1, -0.05) is 59.8 Å². The summed E-state index contributed by atoms with van der Waals surface area (Å²) in [6.45, 7) is 2.99. The smallest absolute Gasteiger partial charge is 0.266 e. The fourth-order valence-electron chi connectivity index (χ4n) is 2.33. The summed E-state index contributed by atoms with van der Waals surface area (Å²) in [5.41, 5.74) is 1.99. The minimum Gasteiger partial charge on any atom is -0.489 e. The highest BCUT2D eigenvalue weighted by Gasteiger charge is 2.30. The Kier molecular flexibility index (Phi) is 5.78. The molecule has 0 bridgehead atoms. The molecule has 3 nitrogen and oxygen atoms in total. The summed E-state index contributed by atoms with van der Waals surface area (Å²) in [7, 11) is 0. The number of hydrogen-bond donors (Lipinski definition) is 0. The van der Waals surface area contributed by atoms with Crippen molar-refractivity contribution >= 4 is 51.9 Å². The molecule has 0 radical (unpaired) electrons. The van der Waals surface area contributed by atoms with Crippen LogP contribution in [0.15, 0.2) is 53.4 Å². The zero-order valence-electron chi connectivity index (χ0n) is 13.6. The molecule has 1 aliphatic rings. The van der Waals surface area contributed by atoms with Gasteiger partial charge < -0.3 is 4.74 Å². The molecule has 0 aromatic heterocycles. The van der Waals surface area contributed by atoms with Gasteiger partial charge in [0.15, 0.2) is 0 Å². The molecule has 0 aliphatic carbocycles. The van der Waals surface area contributed by atoms with Crippen LogP contribution < -0.4 is 4.74 Å². The Hall–Kier alpha value is -1.82. The first-order chi connectivity index (χ1) is 12.1. The second-order valence-electron chi connectivity index (χ2n) is 5.41. The van der Waals surface area contributed by atoms with Gasteiger partial charge in [-0.3, -0.25) is 9.69 Å². The van der Waals surface area contributed by atoms with Gasteiger partial charge in [-0.15, -0.1) is 0 Å². The minimum atomic E-state index is -0.0273. The number of carbonyl (C=O) groups excluding carboxylic acids is 1. The molecule has 6 heteroatoms. The standard InChI is InChI=1S/C19H16ClNO2S2/c1-2-21-18(22)17(25-19(21)24)11-13-5-9-16(10-6-13)23-12-14-3-7-15(20)8-4-14/h3-11H,2,12H2,1H3/b17-11-. The average molecular weight is 390 g/mol. The van der Waals surface area contributed by atoms with Crippen molar-refractivity contribution in [1.29, 1.82) is 0 Å². The van der Waals surface area contributed by atoms with Crippen molar-refractivity contribution in [2.45, 2.75) is 13.5 Å². The minimum absolute atomic E-state index is 0.0273. The maximum absolute atomic E-state index is 12.2. The number of hydrogen-bond acceptors (Lipinski definition) is 4. The van der Waals surface area contributed by atoms with Gasteiger partial charge in [0, 0.05) is 11.6 Å². The Morgan fingerprint density at radius 1 is 1.16 bits per heavy atom. The van der Waals surface area contributed by atoms with E-state index in [1.54, 1.807) is 4.90 Å². The van der Waals surface area contributed by atoms with E-state index in [1.807, 2.05) is 61.5 Å². The normalized spacial score (nSPS) is 15.9. The van der Waals surface area contributed by atoms with Crippen molar-refractivity contribution in [3.05, 3.63) is 69.6 Å². The third-order valence-electron chi connectivity index (χ3n) is 3.69. The molecule has 3 rings (SSSR count). The summed E-state index contributed by atoms with van der Waals surface area (Å²) < 4.78 is 6.38. The quantitative estimate of drug-likeness (QED) is 0.523. The molecule has 2 aromatic rings. The lowest BCUT2D eigenvalue weighted by Crippen LogP contribution is -2.27. The Bertz CT molecular complexity index is 816. The van der Waals surface area contributed by atoms with Gasteiger partial charge >= 0.3 is 0 Å². The number of nitrogens with zero attached hydrogens (tertiary/aromatic N) is 1. The highest BCUT2D eigenvalue weighted by molar-refractivity contribution is 8.26. The molecule has 1 fully saturated rings. The van der Waals surface area contributed by atoms with Crippen molar-refractivity contribution in [2.24, 2.45) is 0 Å². The van der Waals surface area contributed by atoms with Crippen LogP contribution in [0.5, 0.6) is 5.75 Å². The first kappa shape index (κ1) is 18.0. The molecule has 0 saturated carbocycles. The van der Waals surface area contributed by atoms with Crippen LogP contribution in [-0.4, -0.2) is 21.7 Å². The van der Waals surface area contributed by atoms with Gasteiger partial charge in [0.05, 0.1) is 4.91 Å². The summed E-state index contributed by atoms with van der Waals surface area (Å²) in [4.78, 5) is 14.5. The monoisotopic (exact) mass is 389 g/mol. The Labute approximate surface area is 161 Å². The van der Waals surface area contributed by atoms with Gasteiger partial charge in [0.25, 0.3) is 5.91 Å². The second kappa shape index (κ2) is 8.04. The number of thioether (sulfide) groups is 1. The zero-order chi connectivity index (χ0) is 17.8. The van der Waals surface area contributed by atoms with E-state index in [0.29, 0.717) is 27.4 Å². The van der Waals surface area contributed by atoms with E-state index < -0.39 is 0 Å². The molecule has 128 valence electrons. The zero-order valence-corrected chi connectivity index (χ0v) is 16.0. The first-order valence-corrected chi connectivity index (χ1v) is 9.40. The number of ether oxygens (including phenoxy) is 1. The molecule has 0 atom stereocenters. The van der Waals surface area contributed by atoms with Gasteiger partial charge in [-0.05, 0) is 48.4 Å². The number of likely N-dealkylation sites (N-methyl/N-ethyl adjacent to an activating group) is 1. The number of halogens is 1. The SMILES string of the molecule is CCN1C(=O)/C(=C/c2ccc(OCc3ccc(Cl)cc3)cc2)SC1=S. The topological polar surface area (TPSA) is 29.5 Å². The third kappa shape index (κ3) is 4.42. The van der Waals surface area contributed by atoms with E-state index in [-0.39, 0.29) is 5.91 Å². The van der Waals surface area contributed by atoms with Crippen molar-refractivity contribution in [1.82, 2.24) is 4.90 Å². The number of rotatable bonds is 5. The lowest BCUT2D eigenvalue weighted by Gasteiger charge is -2.09. The van der Waals surface area contributed by atoms with Crippen LogP contribution in [0, 0.1) is 0 Å². The van der Waals surface area contributed by atoms with Crippen molar-refractivity contribution in [2.75, 3.05) is 6.54 Å². The average Bonchev–Trinajstić information content (AvgIpc) is 2.88. The van der Waals surface area contributed by atoms with Gasteiger partial charge in [0.2, 0.25) is 0 Å². The molecule has 25 heavy (non-hydrogen) atoms. The molecule has 1 amide bonds. The summed E-state index contributed by atoms with van der Waals surface area (Å²) in [5, 5.41) is 0.710. The fraction of sp³-hybridized carbons (Fsp3) is 0.158. The highest BCUT2D eigenvalue weighted by Crippen LogP contribution is 2.32. The van der Waals surface area contributed by atoms with Crippen molar-refractivity contribution in [3.63, 3.8) is 0 Å². The first-order valence-electron chi connectivity index (χ1n) is 7.79. The van der Waals surface area contributed by atoms with E-state index in [9.17, 15) is 4.79 Å². The van der Waals surface area contributed by atoms with E-state index in [0.717, 1.165) is 16.9 Å². The Morgan fingerprint density at radius 3 is 2.44 bits per heavy atom. The molecular formula is C19H16ClNO2S2. The molecule has 0 N–H and O–H groups in total. The molecule has 0 spiro atoms. The van der Waals surface area contributed by atoms with Gasteiger partial charge in [0.1, 0.15) is 16.7 Å². The highest BCUT2D eigenvalue weighted by atomic mass is 35.5. The molecule has 1 saturated heterocycles. The largest absolute Gasteiger partial charge is 0.489 e. The van der Waals surface area contributed by atoms with Crippen LogP contribution in [0.2, 0.25) is 5.02 Å². The number of thiocarbonyl (C=S) groups is 1. The fourth-order valence-corrected chi connectivity index (χ4v) is 3.84. The van der Waals surface area contributed by atoms with Crippen molar-refractivity contribution < 1.29 is 9.53 Å². The summed E-state index contributed by atoms with van der Waals surface area (Å²) in [5.74, 6) is 0.744. The number of amides is 1. The lowest BCUT2D eigenvalue weighted by atomic mass is 10.2. The van der Waals surface area contributed by atoms with Crippen LogP contribution in [0.25, 0.3) is 6.08 Å². The van der Waals surface area contributed by atoms with E-state index >= 15 is 0 Å². The predicted octanol–water partition coefficient (Wildman–Crippen LogP) is 5.14. The Balaban J connectivity index is 1.64. The summed E-state index contributed by atoms with van der Waals surface area (Å²) in [6.07, 6.45) is 1.86.